The van der Waals surface area contributed by atoms with Crippen molar-refractivity contribution in [3.63, 3.8) is 0 Å². The molecule has 1 N–H and O–H groups in total. The lowest BCUT2D eigenvalue weighted by molar-refractivity contribution is -0.280. The molecule has 0 aliphatic heterocycles. The van der Waals surface area contributed by atoms with Crippen molar-refractivity contribution >= 4 is 0 Å². The Labute approximate surface area is 72.0 Å². The van der Waals surface area contributed by atoms with Gasteiger partial charge in [-0.2, -0.15) is 0 Å². The molecule has 12 heavy (non-hydrogen) atoms. The van der Waals surface area contributed by atoms with Gasteiger partial charge < -0.3 is 0 Å². The summed E-state index contributed by atoms with van der Waals surface area (Å²) >= 11 is 0. The summed E-state index contributed by atoms with van der Waals surface area (Å²) in [7, 11) is 0. The Bertz CT molecular complexity index is 231. The number of rotatable bonds is 4. The standard InChI is InChI=1S/C10H12O2/c1-2-6-10(12-11)9-7-4-3-5-8-9/h2-5,7-8,10-11H,1,6H2. The Kier molecular flexibility index (Phi) is 3.51. The van der Waals surface area contributed by atoms with Crippen LogP contribution in [0.4, 0.5) is 0 Å². The monoisotopic (exact) mass is 164 g/mol. The largest absolute Gasteiger partial charge is 0.251 e. The van der Waals surface area contributed by atoms with E-state index in [0.29, 0.717) is 6.42 Å². The molecule has 2 nitrogen and oxygen atoms in total. The van der Waals surface area contributed by atoms with Gasteiger partial charge in [0.15, 0.2) is 0 Å². The molecule has 0 saturated heterocycles. The van der Waals surface area contributed by atoms with E-state index >= 15 is 0 Å². The van der Waals surface area contributed by atoms with Crippen molar-refractivity contribution in [2.45, 2.75) is 12.5 Å². The van der Waals surface area contributed by atoms with Crippen molar-refractivity contribution in [1.82, 2.24) is 0 Å². The van der Waals surface area contributed by atoms with Gasteiger partial charge in [0.05, 0.1) is 0 Å². The molecule has 64 valence electrons. The topological polar surface area (TPSA) is 29.5 Å². The molecule has 0 saturated carbocycles. The summed E-state index contributed by atoms with van der Waals surface area (Å²) in [6.07, 6.45) is 2.04. The lowest BCUT2D eigenvalue weighted by atomic mass is 10.1. The van der Waals surface area contributed by atoms with Crippen molar-refractivity contribution in [2.75, 3.05) is 0 Å². The van der Waals surface area contributed by atoms with Crippen LogP contribution in [0, 0.1) is 0 Å². The van der Waals surface area contributed by atoms with E-state index in [1.165, 1.54) is 0 Å². The van der Waals surface area contributed by atoms with E-state index in [2.05, 4.69) is 11.5 Å². The second kappa shape index (κ2) is 4.70. The van der Waals surface area contributed by atoms with Crippen LogP contribution in [0.5, 0.6) is 0 Å². The zero-order chi connectivity index (χ0) is 8.81. The maximum absolute atomic E-state index is 8.56. The van der Waals surface area contributed by atoms with Gasteiger partial charge in [0, 0.05) is 0 Å². The normalized spacial score (nSPS) is 12.4. The van der Waals surface area contributed by atoms with E-state index in [9.17, 15) is 0 Å². The smallest absolute Gasteiger partial charge is 0.121 e. The van der Waals surface area contributed by atoms with E-state index in [0.717, 1.165) is 5.56 Å². The third-order valence-electron chi connectivity index (χ3n) is 1.68. The van der Waals surface area contributed by atoms with E-state index in [1.807, 2.05) is 30.3 Å². The summed E-state index contributed by atoms with van der Waals surface area (Å²) in [6.45, 7) is 3.58. The third-order valence-corrected chi connectivity index (χ3v) is 1.68. The van der Waals surface area contributed by atoms with Crippen LogP contribution in [0.15, 0.2) is 43.0 Å². The molecule has 1 rings (SSSR count). The predicted molar refractivity (Wildman–Crippen MR) is 47.7 cm³/mol. The highest BCUT2D eigenvalue weighted by molar-refractivity contribution is 5.17. The highest BCUT2D eigenvalue weighted by atomic mass is 17.1. The fourth-order valence-electron chi connectivity index (χ4n) is 1.06. The Morgan fingerprint density at radius 2 is 2.08 bits per heavy atom. The molecule has 0 amide bonds. The van der Waals surface area contributed by atoms with Gasteiger partial charge in [0.2, 0.25) is 0 Å². The minimum absolute atomic E-state index is 0.288. The molecule has 0 spiro atoms. The Balaban J connectivity index is 2.72. The number of hydrogen-bond acceptors (Lipinski definition) is 2. The molecular formula is C10H12O2. The van der Waals surface area contributed by atoms with Gasteiger partial charge in [-0.15, -0.1) is 6.58 Å². The molecule has 0 aliphatic rings. The fourth-order valence-corrected chi connectivity index (χ4v) is 1.06. The van der Waals surface area contributed by atoms with Crippen LogP contribution >= 0.6 is 0 Å². The van der Waals surface area contributed by atoms with E-state index in [4.69, 9.17) is 5.26 Å². The highest BCUT2D eigenvalue weighted by Crippen LogP contribution is 2.19. The summed E-state index contributed by atoms with van der Waals surface area (Å²) in [5.74, 6) is 0. The summed E-state index contributed by atoms with van der Waals surface area (Å²) in [4.78, 5) is 4.31. The first-order valence-corrected chi connectivity index (χ1v) is 3.84. The lowest BCUT2D eigenvalue weighted by Gasteiger charge is -2.10. The van der Waals surface area contributed by atoms with E-state index in [1.54, 1.807) is 6.08 Å². The minimum atomic E-state index is -0.288. The van der Waals surface area contributed by atoms with Crippen LogP contribution < -0.4 is 0 Å². The van der Waals surface area contributed by atoms with Gasteiger partial charge >= 0.3 is 0 Å². The highest BCUT2D eigenvalue weighted by Gasteiger charge is 2.08. The molecule has 0 bridgehead atoms. The molecule has 1 atom stereocenters. The van der Waals surface area contributed by atoms with Crippen LogP contribution in [0.2, 0.25) is 0 Å². The van der Waals surface area contributed by atoms with Gasteiger partial charge in [0.25, 0.3) is 0 Å². The summed E-state index contributed by atoms with van der Waals surface area (Å²) in [6, 6.07) is 9.55. The van der Waals surface area contributed by atoms with Gasteiger partial charge in [-0.3, -0.25) is 5.26 Å². The molecule has 1 aromatic rings. The van der Waals surface area contributed by atoms with Crippen molar-refractivity contribution in [2.24, 2.45) is 0 Å². The summed E-state index contributed by atoms with van der Waals surface area (Å²) in [5, 5.41) is 8.56. The molecule has 0 heterocycles. The second-order valence-electron chi connectivity index (χ2n) is 2.53. The Morgan fingerprint density at radius 1 is 1.42 bits per heavy atom. The van der Waals surface area contributed by atoms with E-state index in [-0.39, 0.29) is 6.10 Å². The lowest BCUT2D eigenvalue weighted by Crippen LogP contribution is -1.99. The minimum Gasteiger partial charge on any atom is -0.251 e. The molecule has 0 fully saturated rings. The first-order valence-electron chi connectivity index (χ1n) is 3.84. The van der Waals surface area contributed by atoms with Gasteiger partial charge in [-0.05, 0) is 12.0 Å². The van der Waals surface area contributed by atoms with Crippen molar-refractivity contribution in [3.8, 4) is 0 Å². The SMILES string of the molecule is C=CCC(OO)c1ccccc1. The Morgan fingerprint density at radius 3 is 2.58 bits per heavy atom. The molecular weight excluding hydrogens is 152 g/mol. The van der Waals surface area contributed by atoms with Crippen molar-refractivity contribution in [3.05, 3.63) is 48.6 Å². The average Bonchev–Trinajstić information content (AvgIpc) is 2.15. The second-order valence-corrected chi connectivity index (χ2v) is 2.53. The summed E-state index contributed by atoms with van der Waals surface area (Å²) < 4.78 is 0. The van der Waals surface area contributed by atoms with Crippen LogP contribution in [-0.2, 0) is 4.89 Å². The van der Waals surface area contributed by atoms with Gasteiger partial charge in [-0.25, -0.2) is 4.89 Å². The van der Waals surface area contributed by atoms with Crippen molar-refractivity contribution < 1.29 is 10.1 Å². The van der Waals surface area contributed by atoms with E-state index < -0.39 is 0 Å². The maximum atomic E-state index is 8.56. The maximum Gasteiger partial charge on any atom is 0.121 e. The molecule has 0 aromatic heterocycles. The average molecular weight is 164 g/mol. The van der Waals surface area contributed by atoms with Gasteiger partial charge in [0.1, 0.15) is 6.10 Å². The quantitative estimate of drug-likeness (QED) is 0.421. The predicted octanol–water partition coefficient (Wildman–Crippen LogP) is 2.79. The first kappa shape index (κ1) is 8.97. The zero-order valence-corrected chi connectivity index (χ0v) is 6.81. The van der Waals surface area contributed by atoms with Crippen LogP contribution in [-0.4, -0.2) is 5.26 Å². The van der Waals surface area contributed by atoms with Gasteiger partial charge in [-0.1, -0.05) is 36.4 Å². The van der Waals surface area contributed by atoms with Crippen molar-refractivity contribution in [1.29, 1.82) is 0 Å². The summed E-state index contributed by atoms with van der Waals surface area (Å²) in [5.41, 5.74) is 0.958. The molecule has 1 unspecified atom stereocenters. The first-order chi connectivity index (χ1) is 5.88. The Hall–Kier alpha value is -1.12. The van der Waals surface area contributed by atoms with Crippen LogP contribution in [0.1, 0.15) is 18.1 Å². The molecule has 1 aromatic carbocycles. The van der Waals surface area contributed by atoms with Crippen LogP contribution in [0.25, 0.3) is 0 Å². The number of benzene rings is 1. The molecule has 0 radical (unpaired) electrons. The zero-order valence-electron chi connectivity index (χ0n) is 6.81. The fraction of sp³-hybridized carbons (Fsp3) is 0.200. The molecule has 0 aliphatic carbocycles. The third kappa shape index (κ3) is 2.19. The molecule has 2 heteroatoms. The van der Waals surface area contributed by atoms with Crippen LogP contribution in [0.3, 0.4) is 0 Å². The number of hydrogen-bond donors (Lipinski definition) is 1.